The Morgan fingerprint density at radius 1 is 1.23 bits per heavy atom. The number of hydrogen-bond acceptors (Lipinski definition) is 3. The molecule has 1 heterocycles. The Hall–Kier alpha value is -1.33. The Kier molecular flexibility index (Phi) is 4.68. The van der Waals surface area contributed by atoms with Gasteiger partial charge in [-0.25, -0.2) is 0 Å². The molecular weight excluding hydrogens is 294 g/mol. The van der Waals surface area contributed by atoms with Crippen LogP contribution in [-0.4, -0.2) is 31.9 Å². The standard InChI is InChI=1S/C17H27NO3Si/c1-13(21-22(5,6)17(2,3)4)15-12-18(16(15)19)20-14-10-8-7-9-11-14/h7-11,13,15H,12H2,1-6H3/t13-,15-/m1/s1. The van der Waals surface area contributed by atoms with Crippen molar-refractivity contribution < 1.29 is 14.1 Å². The molecule has 5 heteroatoms. The van der Waals surface area contributed by atoms with E-state index in [4.69, 9.17) is 9.26 Å². The Labute approximate surface area is 134 Å². The van der Waals surface area contributed by atoms with Crippen LogP contribution in [0.5, 0.6) is 5.75 Å². The van der Waals surface area contributed by atoms with Crippen molar-refractivity contribution >= 4 is 14.2 Å². The lowest BCUT2D eigenvalue weighted by molar-refractivity contribution is -0.193. The van der Waals surface area contributed by atoms with E-state index in [2.05, 4.69) is 33.9 Å². The summed E-state index contributed by atoms with van der Waals surface area (Å²) in [6.45, 7) is 13.6. The average Bonchev–Trinajstić information content (AvgIpc) is 2.41. The number of nitrogens with zero attached hydrogens (tertiary/aromatic N) is 1. The highest BCUT2D eigenvalue weighted by Gasteiger charge is 2.46. The van der Waals surface area contributed by atoms with Crippen molar-refractivity contribution in [2.45, 2.75) is 51.9 Å². The van der Waals surface area contributed by atoms with E-state index in [9.17, 15) is 4.79 Å². The van der Waals surface area contributed by atoms with Crippen molar-refractivity contribution in [1.29, 1.82) is 0 Å². The SMILES string of the molecule is C[C@@H](O[Si](C)(C)C(C)(C)C)[C@H]1CN(Oc2ccccc2)C1=O. The molecule has 0 bridgehead atoms. The number of benzene rings is 1. The topological polar surface area (TPSA) is 38.8 Å². The van der Waals surface area contributed by atoms with Gasteiger partial charge in [-0.2, -0.15) is 5.06 Å². The number of para-hydroxylation sites is 1. The van der Waals surface area contributed by atoms with Crippen LogP contribution >= 0.6 is 0 Å². The van der Waals surface area contributed by atoms with Gasteiger partial charge in [0.2, 0.25) is 0 Å². The second kappa shape index (κ2) is 6.05. The first-order valence-corrected chi connectivity index (χ1v) is 10.7. The normalized spacial score (nSPS) is 20.5. The zero-order chi connectivity index (χ0) is 16.5. The number of β-lactam (4-membered cyclic amide) rings is 1. The summed E-state index contributed by atoms with van der Waals surface area (Å²) in [7, 11) is -1.85. The summed E-state index contributed by atoms with van der Waals surface area (Å²) < 4.78 is 6.31. The molecule has 22 heavy (non-hydrogen) atoms. The maximum Gasteiger partial charge on any atom is 0.262 e. The third kappa shape index (κ3) is 3.52. The number of carbonyl (C=O) groups excluding carboxylic acids is 1. The second-order valence-electron chi connectivity index (χ2n) is 7.49. The quantitative estimate of drug-likeness (QED) is 0.611. The van der Waals surface area contributed by atoms with Gasteiger partial charge in [0.15, 0.2) is 14.1 Å². The molecule has 0 N–H and O–H groups in total. The van der Waals surface area contributed by atoms with Crippen molar-refractivity contribution in [3.05, 3.63) is 30.3 Å². The summed E-state index contributed by atoms with van der Waals surface area (Å²) in [5, 5.41) is 1.57. The first-order valence-electron chi connectivity index (χ1n) is 7.84. The third-order valence-electron chi connectivity index (χ3n) is 4.74. The maximum absolute atomic E-state index is 12.3. The molecule has 1 fully saturated rings. The average molecular weight is 321 g/mol. The molecule has 0 radical (unpaired) electrons. The van der Waals surface area contributed by atoms with Gasteiger partial charge in [0.05, 0.1) is 18.6 Å². The molecule has 1 aromatic rings. The van der Waals surface area contributed by atoms with Gasteiger partial charge < -0.3 is 9.26 Å². The lowest BCUT2D eigenvalue weighted by Crippen LogP contribution is -2.60. The summed E-state index contributed by atoms with van der Waals surface area (Å²) in [6.07, 6.45) is -0.0657. The minimum atomic E-state index is -1.85. The van der Waals surface area contributed by atoms with Gasteiger partial charge in [0, 0.05) is 0 Å². The van der Waals surface area contributed by atoms with Crippen LogP contribution in [-0.2, 0) is 9.22 Å². The summed E-state index contributed by atoms with van der Waals surface area (Å²) in [5.41, 5.74) is 0. The van der Waals surface area contributed by atoms with E-state index in [-0.39, 0.29) is 23.0 Å². The number of carbonyl (C=O) groups is 1. The van der Waals surface area contributed by atoms with Crippen molar-refractivity contribution in [3.8, 4) is 5.75 Å². The number of hydrogen-bond donors (Lipinski definition) is 0. The van der Waals surface area contributed by atoms with Crippen molar-refractivity contribution in [3.63, 3.8) is 0 Å². The molecule has 0 saturated carbocycles. The van der Waals surface area contributed by atoms with E-state index < -0.39 is 8.32 Å². The van der Waals surface area contributed by atoms with Gasteiger partial charge in [0.25, 0.3) is 5.91 Å². The highest BCUT2D eigenvalue weighted by molar-refractivity contribution is 6.74. The molecule has 1 aromatic carbocycles. The van der Waals surface area contributed by atoms with E-state index in [1.807, 2.05) is 37.3 Å². The molecule has 1 aliphatic heterocycles. The summed E-state index contributed by atoms with van der Waals surface area (Å²) in [5.74, 6) is 0.597. The molecule has 0 spiro atoms. The Morgan fingerprint density at radius 2 is 1.82 bits per heavy atom. The van der Waals surface area contributed by atoms with Gasteiger partial charge in [-0.15, -0.1) is 0 Å². The summed E-state index contributed by atoms with van der Waals surface area (Å²) >= 11 is 0. The minimum Gasteiger partial charge on any atom is -0.413 e. The van der Waals surface area contributed by atoms with Crippen LogP contribution < -0.4 is 4.84 Å². The molecular formula is C17H27NO3Si. The molecule has 0 aromatic heterocycles. The van der Waals surface area contributed by atoms with Crippen molar-refractivity contribution in [2.24, 2.45) is 5.92 Å². The highest BCUT2D eigenvalue weighted by atomic mass is 28.4. The molecule has 0 unspecified atom stereocenters. The molecule has 2 rings (SSSR count). The molecule has 0 aliphatic carbocycles. The van der Waals surface area contributed by atoms with Gasteiger partial charge in [-0.1, -0.05) is 39.0 Å². The van der Waals surface area contributed by atoms with Crippen LogP contribution in [0.1, 0.15) is 27.7 Å². The van der Waals surface area contributed by atoms with E-state index in [1.54, 1.807) is 0 Å². The van der Waals surface area contributed by atoms with Gasteiger partial charge in [-0.05, 0) is 37.2 Å². The smallest absolute Gasteiger partial charge is 0.262 e. The fourth-order valence-electron chi connectivity index (χ4n) is 2.18. The van der Waals surface area contributed by atoms with Crippen LogP contribution in [0, 0.1) is 5.92 Å². The highest BCUT2D eigenvalue weighted by Crippen LogP contribution is 2.39. The fraction of sp³-hybridized carbons (Fsp3) is 0.588. The minimum absolute atomic E-state index is 0.00932. The van der Waals surface area contributed by atoms with Crippen LogP contribution in [0.4, 0.5) is 0 Å². The van der Waals surface area contributed by atoms with E-state index >= 15 is 0 Å². The molecule has 1 amide bonds. The molecule has 1 aliphatic rings. The Balaban J connectivity index is 1.90. The molecule has 4 nitrogen and oxygen atoms in total. The number of hydroxylamine groups is 2. The second-order valence-corrected chi connectivity index (χ2v) is 12.2. The first kappa shape index (κ1) is 17.0. The summed E-state index contributed by atoms with van der Waals surface area (Å²) in [4.78, 5) is 17.9. The number of amides is 1. The van der Waals surface area contributed by atoms with Crippen molar-refractivity contribution in [2.75, 3.05) is 6.54 Å². The Morgan fingerprint density at radius 3 is 2.32 bits per heavy atom. The molecule has 1 saturated heterocycles. The zero-order valence-electron chi connectivity index (χ0n) is 14.4. The van der Waals surface area contributed by atoms with E-state index in [0.717, 1.165) is 0 Å². The Bertz CT molecular complexity index is 524. The molecule has 122 valence electrons. The van der Waals surface area contributed by atoms with Crippen LogP contribution in [0.3, 0.4) is 0 Å². The first-order chi connectivity index (χ1) is 10.1. The van der Waals surface area contributed by atoms with Gasteiger partial charge >= 0.3 is 0 Å². The monoisotopic (exact) mass is 321 g/mol. The summed E-state index contributed by atoms with van der Waals surface area (Å²) in [6, 6.07) is 9.38. The van der Waals surface area contributed by atoms with Gasteiger partial charge in [0.1, 0.15) is 0 Å². The predicted octanol–water partition coefficient (Wildman–Crippen LogP) is 3.85. The number of rotatable bonds is 5. The fourth-order valence-corrected chi connectivity index (χ4v) is 3.63. The maximum atomic E-state index is 12.3. The van der Waals surface area contributed by atoms with Crippen LogP contribution in [0.2, 0.25) is 18.1 Å². The van der Waals surface area contributed by atoms with Crippen LogP contribution in [0.25, 0.3) is 0 Å². The third-order valence-corrected chi connectivity index (χ3v) is 9.31. The largest absolute Gasteiger partial charge is 0.413 e. The lowest BCUT2D eigenvalue weighted by Gasteiger charge is -2.44. The molecule has 2 atom stereocenters. The van der Waals surface area contributed by atoms with E-state index in [0.29, 0.717) is 12.3 Å². The van der Waals surface area contributed by atoms with Crippen LogP contribution in [0.15, 0.2) is 30.3 Å². The van der Waals surface area contributed by atoms with Crippen molar-refractivity contribution in [1.82, 2.24) is 5.06 Å². The zero-order valence-corrected chi connectivity index (χ0v) is 15.4. The lowest BCUT2D eigenvalue weighted by atomic mass is 9.96. The van der Waals surface area contributed by atoms with E-state index in [1.165, 1.54) is 5.06 Å². The predicted molar refractivity (Wildman–Crippen MR) is 90.0 cm³/mol. The van der Waals surface area contributed by atoms with Gasteiger partial charge in [-0.3, -0.25) is 4.79 Å².